The quantitative estimate of drug-likeness (QED) is 0.546. The van der Waals surface area contributed by atoms with Crippen LogP contribution in [0, 0.1) is 13.8 Å². The van der Waals surface area contributed by atoms with E-state index in [-0.39, 0.29) is 5.91 Å². The Morgan fingerprint density at radius 1 is 1.10 bits per heavy atom. The monoisotopic (exact) mass is 440 g/mol. The minimum atomic E-state index is -0.633. The Hall–Kier alpha value is -2.18. The lowest BCUT2D eigenvalue weighted by Gasteiger charge is -2.36. The first-order valence-corrected chi connectivity index (χ1v) is 11.8. The maximum absolute atomic E-state index is 12.9. The van der Waals surface area contributed by atoms with Gasteiger partial charge >= 0.3 is 0 Å². The van der Waals surface area contributed by atoms with Crippen molar-refractivity contribution in [2.45, 2.75) is 38.0 Å². The summed E-state index contributed by atoms with van der Waals surface area (Å²) in [6.07, 6.45) is 2.38. The number of amides is 1. The molecule has 1 saturated carbocycles. The second-order valence-corrected chi connectivity index (χ2v) is 9.87. The molecular weight excluding hydrogens is 416 g/mol. The average Bonchev–Trinajstić information content (AvgIpc) is 3.59. The maximum Gasteiger partial charge on any atom is 0.245 e. The molecule has 0 spiro atoms. The lowest BCUT2D eigenvalue weighted by Crippen LogP contribution is -2.50. The molecule has 1 saturated heterocycles. The molecule has 7 heteroatoms. The van der Waals surface area contributed by atoms with Gasteiger partial charge in [0.25, 0.3) is 0 Å². The van der Waals surface area contributed by atoms with E-state index in [4.69, 9.17) is 21.6 Å². The van der Waals surface area contributed by atoms with E-state index in [9.17, 15) is 4.79 Å². The molecule has 3 heterocycles. The Morgan fingerprint density at radius 3 is 2.47 bits per heavy atom. The van der Waals surface area contributed by atoms with E-state index < -0.39 is 5.38 Å². The average molecular weight is 441 g/mol. The fourth-order valence-electron chi connectivity index (χ4n) is 4.06. The van der Waals surface area contributed by atoms with Gasteiger partial charge in [-0.1, -0.05) is 30.3 Å². The number of hydrogen-bond donors (Lipinski definition) is 0. The highest BCUT2D eigenvalue weighted by Gasteiger charge is 2.32. The van der Waals surface area contributed by atoms with E-state index in [1.165, 1.54) is 28.7 Å². The zero-order valence-corrected chi connectivity index (χ0v) is 18.8. The van der Waals surface area contributed by atoms with Gasteiger partial charge in [-0.3, -0.25) is 4.79 Å². The molecule has 1 amide bonds. The predicted octanol–water partition coefficient (Wildman–Crippen LogP) is 4.81. The van der Waals surface area contributed by atoms with E-state index in [2.05, 4.69) is 18.7 Å². The van der Waals surface area contributed by atoms with Gasteiger partial charge in [0.15, 0.2) is 0 Å². The summed E-state index contributed by atoms with van der Waals surface area (Å²) in [5.74, 6) is 2.53. The number of aromatic nitrogens is 2. The highest BCUT2D eigenvalue weighted by molar-refractivity contribution is 7.18. The fourth-order valence-corrected chi connectivity index (χ4v) is 5.38. The second-order valence-electron chi connectivity index (χ2n) is 8.23. The molecule has 1 aliphatic carbocycles. The van der Waals surface area contributed by atoms with Crippen LogP contribution in [-0.2, 0) is 4.79 Å². The second kappa shape index (κ2) is 7.82. The molecule has 2 fully saturated rings. The van der Waals surface area contributed by atoms with Crippen LogP contribution in [0.3, 0.4) is 0 Å². The molecule has 30 heavy (non-hydrogen) atoms. The molecule has 0 bridgehead atoms. The lowest BCUT2D eigenvalue weighted by molar-refractivity contribution is -0.131. The lowest BCUT2D eigenvalue weighted by atomic mass is 10.1. The zero-order valence-electron chi connectivity index (χ0n) is 17.3. The van der Waals surface area contributed by atoms with E-state index in [0.29, 0.717) is 19.0 Å². The highest BCUT2D eigenvalue weighted by atomic mass is 35.5. The molecular formula is C23H25ClN4OS. The maximum atomic E-state index is 12.9. The topological polar surface area (TPSA) is 49.3 Å². The van der Waals surface area contributed by atoms with Crippen LogP contribution in [0.1, 0.15) is 46.0 Å². The number of thiophene rings is 1. The molecule has 5 nitrogen and oxygen atoms in total. The minimum Gasteiger partial charge on any atom is -0.352 e. The standard InChI is InChI=1S/C23H25ClN4OS/c1-14-15(2)30-22-18(14)21(25-20(26-22)17-8-9-17)27-10-12-28(13-11-27)23(29)19(24)16-6-4-3-5-7-16/h3-7,17,19H,8-13H2,1-2H3/t19-/m1/s1. The van der Waals surface area contributed by atoms with Gasteiger partial charge < -0.3 is 9.80 Å². The summed E-state index contributed by atoms with van der Waals surface area (Å²) in [5, 5.41) is 0.549. The number of carbonyl (C=O) groups is 1. The van der Waals surface area contributed by atoms with Gasteiger partial charge in [-0.2, -0.15) is 0 Å². The number of fused-ring (bicyclic) bond motifs is 1. The first kappa shape index (κ1) is 19.8. The van der Waals surface area contributed by atoms with Crippen LogP contribution >= 0.6 is 22.9 Å². The van der Waals surface area contributed by atoms with Crippen molar-refractivity contribution in [1.29, 1.82) is 0 Å². The molecule has 1 aromatic carbocycles. The first-order chi connectivity index (χ1) is 14.5. The summed E-state index contributed by atoms with van der Waals surface area (Å²) < 4.78 is 0. The third-order valence-corrected chi connectivity index (χ3v) is 7.71. The minimum absolute atomic E-state index is 0.0171. The molecule has 1 atom stereocenters. The first-order valence-electron chi connectivity index (χ1n) is 10.5. The summed E-state index contributed by atoms with van der Waals surface area (Å²) >= 11 is 8.25. The molecule has 0 unspecified atom stereocenters. The number of nitrogens with zero attached hydrogens (tertiary/aromatic N) is 4. The predicted molar refractivity (Wildman–Crippen MR) is 123 cm³/mol. The van der Waals surface area contributed by atoms with Crippen molar-refractivity contribution in [2.24, 2.45) is 0 Å². The Balaban J connectivity index is 1.37. The number of halogens is 1. The van der Waals surface area contributed by atoms with Gasteiger partial charge in [-0.15, -0.1) is 22.9 Å². The molecule has 2 aliphatic rings. The fraction of sp³-hybridized carbons (Fsp3) is 0.435. The van der Waals surface area contributed by atoms with Crippen molar-refractivity contribution in [2.75, 3.05) is 31.1 Å². The third-order valence-electron chi connectivity index (χ3n) is 6.17. The number of alkyl halides is 1. The molecule has 1 aliphatic heterocycles. The summed E-state index contributed by atoms with van der Waals surface area (Å²) in [7, 11) is 0. The normalized spacial score (nSPS) is 18.1. The van der Waals surface area contributed by atoms with E-state index >= 15 is 0 Å². The van der Waals surface area contributed by atoms with Crippen LogP contribution in [0.4, 0.5) is 5.82 Å². The van der Waals surface area contributed by atoms with Crippen LogP contribution in [0.2, 0.25) is 0 Å². The summed E-state index contributed by atoms with van der Waals surface area (Å²) in [4.78, 5) is 29.4. The van der Waals surface area contributed by atoms with Crippen molar-refractivity contribution in [3.05, 3.63) is 52.2 Å². The van der Waals surface area contributed by atoms with Crippen molar-refractivity contribution in [3.63, 3.8) is 0 Å². The number of anilines is 1. The van der Waals surface area contributed by atoms with Crippen LogP contribution in [0.15, 0.2) is 30.3 Å². The third kappa shape index (κ3) is 3.56. The van der Waals surface area contributed by atoms with Crippen LogP contribution in [0.5, 0.6) is 0 Å². The molecule has 0 radical (unpaired) electrons. The molecule has 5 rings (SSSR count). The van der Waals surface area contributed by atoms with Gasteiger partial charge in [0.2, 0.25) is 5.91 Å². The Labute approximate surface area is 185 Å². The number of hydrogen-bond acceptors (Lipinski definition) is 5. The molecule has 156 valence electrons. The van der Waals surface area contributed by atoms with E-state index in [1.807, 2.05) is 35.2 Å². The van der Waals surface area contributed by atoms with Crippen LogP contribution in [0.25, 0.3) is 10.2 Å². The van der Waals surface area contributed by atoms with Gasteiger partial charge in [0.1, 0.15) is 21.8 Å². The van der Waals surface area contributed by atoms with Crippen molar-refractivity contribution < 1.29 is 4.79 Å². The number of rotatable bonds is 4. The Kier molecular flexibility index (Phi) is 5.15. The largest absolute Gasteiger partial charge is 0.352 e. The number of carbonyl (C=O) groups excluding carboxylic acids is 1. The number of benzene rings is 1. The van der Waals surface area contributed by atoms with E-state index in [0.717, 1.165) is 35.1 Å². The SMILES string of the molecule is Cc1sc2nc(C3CC3)nc(N3CCN(C(=O)[C@H](Cl)c4ccccc4)CC3)c2c1C. The molecule has 3 aromatic rings. The summed E-state index contributed by atoms with van der Waals surface area (Å²) in [6, 6.07) is 9.58. The number of aryl methyl sites for hydroxylation is 2. The van der Waals surface area contributed by atoms with E-state index in [1.54, 1.807) is 11.3 Å². The van der Waals surface area contributed by atoms with Gasteiger partial charge in [0.05, 0.1) is 5.39 Å². The number of piperazine rings is 1. The van der Waals surface area contributed by atoms with Crippen molar-refractivity contribution in [3.8, 4) is 0 Å². The van der Waals surface area contributed by atoms with Gasteiger partial charge in [-0.25, -0.2) is 9.97 Å². The van der Waals surface area contributed by atoms with Gasteiger partial charge in [0, 0.05) is 37.0 Å². The summed E-state index contributed by atoms with van der Waals surface area (Å²) in [5.41, 5.74) is 2.12. The van der Waals surface area contributed by atoms with Crippen LogP contribution in [-0.4, -0.2) is 47.0 Å². The van der Waals surface area contributed by atoms with Crippen LogP contribution < -0.4 is 4.90 Å². The smallest absolute Gasteiger partial charge is 0.245 e. The Bertz CT molecular complexity index is 1090. The van der Waals surface area contributed by atoms with Crippen molar-refractivity contribution in [1.82, 2.24) is 14.9 Å². The highest BCUT2D eigenvalue weighted by Crippen LogP contribution is 2.42. The van der Waals surface area contributed by atoms with Gasteiger partial charge in [-0.05, 0) is 37.8 Å². The molecule has 2 aromatic heterocycles. The zero-order chi connectivity index (χ0) is 20.8. The van der Waals surface area contributed by atoms with Crippen molar-refractivity contribution >= 4 is 44.9 Å². The summed E-state index contributed by atoms with van der Waals surface area (Å²) in [6.45, 7) is 7.14. The molecule has 0 N–H and O–H groups in total. The Morgan fingerprint density at radius 2 is 1.80 bits per heavy atom.